The number of rotatable bonds is 5. The van der Waals surface area contributed by atoms with E-state index in [0.717, 1.165) is 48.3 Å². The fraction of sp³-hybridized carbons (Fsp3) is 0.500. The van der Waals surface area contributed by atoms with Gasteiger partial charge in [0.15, 0.2) is 0 Å². The molecule has 3 rings (SSSR count). The molecule has 1 amide bonds. The van der Waals surface area contributed by atoms with E-state index in [4.69, 9.17) is 21.3 Å². The van der Waals surface area contributed by atoms with Crippen molar-refractivity contribution in [1.82, 2.24) is 14.3 Å². The normalized spacial score (nSPS) is 16.3. The maximum atomic E-state index is 12.1. The summed E-state index contributed by atoms with van der Waals surface area (Å²) in [5.74, 6) is 1.65. The number of halogens is 1. The molecule has 0 N–H and O–H groups in total. The van der Waals surface area contributed by atoms with Crippen LogP contribution in [0.1, 0.15) is 24.7 Å². The number of amides is 1. The van der Waals surface area contributed by atoms with Gasteiger partial charge in [0.2, 0.25) is 11.0 Å². The monoisotopic (exact) mass is 394 g/mol. The summed E-state index contributed by atoms with van der Waals surface area (Å²) in [5, 5.41) is 0.439. The van der Waals surface area contributed by atoms with E-state index < -0.39 is 5.38 Å². The second-order valence-electron chi connectivity index (χ2n) is 6.30. The maximum Gasteiger partial charge on any atom is 0.240 e. The van der Waals surface area contributed by atoms with Gasteiger partial charge >= 0.3 is 0 Å². The van der Waals surface area contributed by atoms with E-state index in [0.29, 0.717) is 13.0 Å². The summed E-state index contributed by atoms with van der Waals surface area (Å²) >= 11 is 7.35. The Morgan fingerprint density at radius 1 is 1.35 bits per heavy atom. The number of carbonyl (C=O) groups is 1. The van der Waals surface area contributed by atoms with Crippen molar-refractivity contribution in [3.8, 4) is 5.75 Å². The molecule has 26 heavy (non-hydrogen) atoms. The van der Waals surface area contributed by atoms with Gasteiger partial charge < -0.3 is 14.5 Å². The van der Waals surface area contributed by atoms with E-state index in [-0.39, 0.29) is 5.91 Å². The molecule has 1 fully saturated rings. The largest absolute Gasteiger partial charge is 0.497 e. The molecule has 1 saturated heterocycles. The van der Waals surface area contributed by atoms with Crippen LogP contribution in [0.3, 0.4) is 0 Å². The molecule has 0 aliphatic carbocycles. The number of hydrogen-bond acceptors (Lipinski definition) is 6. The highest BCUT2D eigenvalue weighted by molar-refractivity contribution is 7.09. The summed E-state index contributed by atoms with van der Waals surface area (Å²) in [4.78, 5) is 20.8. The summed E-state index contributed by atoms with van der Waals surface area (Å²) in [6.45, 7) is 4.75. The highest BCUT2D eigenvalue weighted by atomic mass is 35.5. The Morgan fingerprint density at radius 3 is 2.96 bits per heavy atom. The Kier molecular flexibility index (Phi) is 6.32. The Labute approximate surface area is 162 Å². The van der Waals surface area contributed by atoms with E-state index in [2.05, 4.69) is 9.27 Å². The Morgan fingerprint density at radius 2 is 2.19 bits per heavy atom. The van der Waals surface area contributed by atoms with Crippen LogP contribution in [0.4, 0.5) is 5.13 Å². The molecule has 0 saturated carbocycles. The van der Waals surface area contributed by atoms with Crippen LogP contribution >= 0.6 is 23.1 Å². The molecular weight excluding hydrogens is 372 g/mol. The van der Waals surface area contributed by atoms with Crippen LogP contribution in [0.15, 0.2) is 24.3 Å². The Hall–Kier alpha value is -1.86. The molecule has 6 nitrogen and oxygen atoms in total. The number of ether oxygens (including phenoxy) is 1. The first-order chi connectivity index (χ1) is 12.6. The predicted molar refractivity (Wildman–Crippen MR) is 104 cm³/mol. The molecule has 0 unspecified atom stereocenters. The zero-order chi connectivity index (χ0) is 18.5. The smallest absolute Gasteiger partial charge is 0.240 e. The van der Waals surface area contributed by atoms with Crippen LogP contribution in [-0.4, -0.2) is 58.8 Å². The van der Waals surface area contributed by atoms with E-state index in [1.807, 2.05) is 29.2 Å². The van der Waals surface area contributed by atoms with Crippen molar-refractivity contribution < 1.29 is 9.53 Å². The zero-order valence-corrected chi connectivity index (χ0v) is 16.6. The summed E-state index contributed by atoms with van der Waals surface area (Å²) in [5.41, 5.74) is 1.12. The molecular formula is C18H23ClN4O2S. The topological polar surface area (TPSA) is 58.6 Å². The number of benzene rings is 1. The van der Waals surface area contributed by atoms with E-state index >= 15 is 0 Å². The van der Waals surface area contributed by atoms with Crippen LogP contribution in [-0.2, 0) is 11.2 Å². The van der Waals surface area contributed by atoms with Gasteiger partial charge in [-0.05, 0) is 31.0 Å². The minimum Gasteiger partial charge on any atom is -0.497 e. The molecule has 1 aromatic heterocycles. The van der Waals surface area contributed by atoms with Crippen LogP contribution in [0.5, 0.6) is 5.75 Å². The van der Waals surface area contributed by atoms with Gasteiger partial charge in [0.05, 0.1) is 7.11 Å². The second-order valence-corrected chi connectivity index (χ2v) is 7.69. The van der Waals surface area contributed by atoms with Gasteiger partial charge in [-0.3, -0.25) is 4.79 Å². The van der Waals surface area contributed by atoms with Crippen molar-refractivity contribution in [2.45, 2.75) is 25.1 Å². The fourth-order valence-corrected chi connectivity index (χ4v) is 3.87. The summed E-state index contributed by atoms with van der Waals surface area (Å²) in [6, 6.07) is 7.95. The van der Waals surface area contributed by atoms with Crippen molar-refractivity contribution in [1.29, 1.82) is 0 Å². The molecule has 0 radical (unpaired) electrons. The van der Waals surface area contributed by atoms with Crippen LogP contribution in [0.25, 0.3) is 0 Å². The lowest BCUT2D eigenvalue weighted by Gasteiger charge is -2.22. The number of hydrogen-bond donors (Lipinski definition) is 0. The Balaban J connectivity index is 1.63. The first-order valence-electron chi connectivity index (χ1n) is 8.70. The molecule has 1 aliphatic rings. The first kappa shape index (κ1) is 18.9. The van der Waals surface area contributed by atoms with Crippen molar-refractivity contribution in [2.24, 2.45) is 0 Å². The lowest BCUT2D eigenvalue weighted by atomic mass is 10.1. The number of carbonyl (C=O) groups excluding carboxylic acids is 1. The van der Waals surface area contributed by atoms with Gasteiger partial charge in [-0.1, -0.05) is 12.1 Å². The van der Waals surface area contributed by atoms with Crippen molar-refractivity contribution in [3.63, 3.8) is 0 Å². The molecule has 140 valence electrons. The third-order valence-corrected chi connectivity index (χ3v) is 5.37. The highest BCUT2D eigenvalue weighted by Gasteiger charge is 2.23. The molecule has 1 aromatic carbocycles. The number of anilines is 1. The SMILES string of the molecule is COc1cccc(Cc2nsc(N3CCCN(C(=O)[C@@H](C)Cl)CC3)n2)c1. The molecule has 0 spiro atoms. The average molecular weight is 395 g/mol. The molecule has 1 aliphatic heterocycles. The number of methoxy groups -OCH3 is 1. The van der Waals surface area contributed by atoms with Gasteiger partial charge in [0.1, 0.15) is 17.0 Å². The van der Waals surface area contributed by atoms with Crippen molar-refractivity contribution >= 4 is 34.2 Å². The lowest BCUT2D eigenvalue weighted by molar-refractivity contribution is -0.130. The Bertz CT molecular complexity index is 752. The zero-order valence-electron chi connectivity index (χ0n) is 15.0. The van der Waals surface area contributed by atoms with Crippen LogP contribution in [0.2, 0.25) is 0 Å². The maximum absolute atomic E-state index is 12.1. The average Bonchev–Trinajstić information content (AvgIpc) is 2.96. The molecule has 8 heteroatoms. The minimum atomic E-state index is -0.474. The van der Waals surface area contributed by atoms with Crippen molar-refractivity contribution in [3.05, 3.63) is 35.7 Å². The van der Waals surface area contributed by atoms with Gasteiger partial charge in [-0.25, -0.2) is 4.98 Å². The van der Waals surface area contributed by atoms with Gasteiger partial charge in [0, 0.05) is 44.1 Å². The standard InChI is InChI=1S/C18H23ClN4O2S/c1-13(19)17(24)22-7-4-8-23(10-9-22)18-20-16(21-26-18)12-14-5-3-6-15(11-14)25-2/h3,5-6,11,13H,4,7-10,12H2,1-2H3/t13-/m1/s1. The predicted octanol–water partition coefficient (Wildman–Crippen LogP) is 2.80. The van der Waals surface area contributed by atoms with E-state index in [9.17, 15) is 4.79 Å². The minimum absolute atomic E-state index is 0.00416. The van der Waals surface area contributed by atoms with E-state index in [1.54, 1.807) is 14.0 Å². The highest BCUT2D eigenvalue weighted by Crippen LogP contribution is 2.22. The summed E-state index contributed by atoms with van der Waals surface area (Å²) in [7, 11) is 1.66. The van der Waals surface area contributed by atoms with Crippen molar-refractivity contribution in [2.75, 3.05) is 38.2 Å². The van der Waals surface area contributed by atoms with Gasteiger partial charge in [-0.2, -0.15) is 4.37 Å². The molecule has 0 bridgehead atoms. The molecule has 1 atom stereocenters. The summed E-state index contributed by atoms with van der Waals surface area (Å²) in [6.07, 6.45) is 1.58. The first-order valence-corrected chi connectivity index (χ1v) is 9.91. The van der Waals surface area contributed by atoms with Crippen LogP contribution in [0, 0.1) is 0 Å². The van der Waals surface area contributed by atoms with E-state index in [1.165, 1.54) is 11.5 Å². The van der Waals surface area contributed by atoms with Gasteiger partial charge in [0.25, 0.3) is 0 Å². The molecule has 2 heterocycles. The number of nitrogens with zero attached hydrogens (tertiary/aromatic N) is 4. The fourth-order valence-electron chi connectivity index (χ4n) is 2.99. The third kappa shape index (κ3) is 4.65. The van der Waals surface area contributed by atoms with Gasteiger partial charge in [-0.15, -0.1) is 11.6 Å². The quantitative estimate of drug-likeness (QED) is 0.730. The second kappa shape index (κ2) is 8.68. The molecule has 2 aromatic rings. The summed E-state index contributed by atoms with van der Waals surface area (Å²) < 4.78 is 9.77. The lowest BCUT2D eigenvalue weighted by Crippen LogP contribution is -2.38. The number of aromatic nitrogens is 2. The third-order valence-electron chi connectivity index (χ3n) is 4.37. The van der Waals surface area contributed by atoms with Crippen LogP contribution < -0.4 is 9.64 Å². The number of alkyl halides is 1.